The van der Waals surface area contributed by atoms with Gasteiger partial charge in [-0.1, -0.05) is 6.08 Å². The number of hydrogen-bond donors (Lipinski definition) is 0. The summed E-state index contributed by atoms with van der Waals surface area (Å²) in [5.74, 6) is 0.641. The highest BCUT2D eigenvalue weighted by Crippen LogP contribution is 2.30. The van der Waals surface area contributed by atoms with Crippen molar-refractivity contribution in [3.05, 3.63) is 42.0 Å². The van der Waals surface area contributed by atoms with Crippen molar-refractivity contribution in [3.8, 4) is 0 Å². The summed E-state index contributed by atoms with van der Waals surface area (Å²) in [5.41, 5.74) is 2.19. The predicted octanol–water partition coefficient (Wildman–Crippen LogP) is 2.72. The lowest BCUT2D eigenvalue weighted by molar-refractivity contribution is -0.113. The lowest BCUT2D eigenvalue weighted by Gasteiger charge is -2.26. The monoisotopic (exact) mass is 381 g/mol. The minimum absolute atomic E-state index is 0.0163. The Kier molecular flexibility index (Phi) is 4.49. The fraction of sp³-hybridized carbons (Fsp3) is 0.450. The van der Waals surface area contributed by atoms with Crippen LogP contribution in [0.3, 0.4) is 0 Å². The molecule has 146 valence electrons. The number of aromatic nitrogens is 2. The molecule has 0 N–H and O–H groups in total. The van der Waals surface area contributed by atoms with Gasteiger partial charge in [0.2, 0.25) is 0 Å². The van der Waals surface area contributed by atoms with Gasteiger partial charge in [0, 0.05) is 18.8 Å². The Morgan fingerprint density at radius 1 is 1.32 bits per heavy atom. The van der Waals surface area contributed by atoms with Crippen LogP contribution < -0.4 is 0 Å². The van der Waals surface area contributed by atoms with Gasteiger partial charge in [-0.25, -0.2) is 19.4 Å². The van der Waals surface area contributed by atoms with Gasteiger partial charge >= 0.3 is 6.09 Å². The molecule has 1 unspecified atom stereocenters. The van der Waals surface area contributed by atoms with Gasteiger partial charge in [-0.3, -0.25) is 9.79 Å². The molecule has 3 aliphatic rings. The Labute approximate surface area is 163 Å². The van der Waals surface area contributed by atoms with Crippen molar-refractivity contribution < 1.29 is 14.3 Å². The molecule has 0 bridgehead atoms. The average Bonchev–Trinajstić information content (AvgIpc) is 3.27. The molecule has 2 aliphatic heterocycles. The number of Topliss-reactive ketones (excluding diaryl/α,β-unsaturated/α-hetero) is 1. The van der Waals surface area contributed by atoms with E-state index in [0.29, 0.717) is 30.8 Å². The third-order valence-electron chi connectivity index (χ3n) is 4.99. The second-order valence-corrected chi connectivity index (χ2v) is 7.88. The molecular weight excluding hydrogens is 358 g/mol. The third-order valence-corrected chi connectivity index (χ3v) is 4.99. The van der Waals surface area contributed by atoms with Gasteiger partial charge in [0.05, 0.1) is 23.4 Å². The van der Waals surface area contributed by atoms with Crippen molar-refractivity contribution in [3.63, 3.8) is 0 Å². The van der Waals surface area contributed by atoms with Gasteiger partial charge in [0.1, 0.15) is 12.4 Å². The number of fused-ring (bicyclic) bond motifs is 1. The zero-order chi connectivity index (χ0) is 19.9. The summed E-state index contributed by atoms with van der Waals surface area (Å²) in [6, 6.07) is 0. The third kappa shape index (κ3) is 3.54. The smallest absolute Gasteiger partial charge is 0.419 e. The predicted molar refractivity (Wildman–Crippen MR) is 104 cm³/mol. The van der Waals surface area contributed by atoms with E-state index in [2.05, 4.69) is 9.98 Å². The van der Waals surface area contributed by atoms with Crippen molar-refractivity contribution in [2.75, 3.05) is 6.54 Å². The lowest BCUT2D eigenvalue weighted by atomic mass is 9.92. The Balaban J connectivity index is 1.49. The number of allylic oxidation sites excluding steroid dienone is 2. The van der Waals surface area contributed by atoms with E-state index in [0.717, 1.165) is 17.7 Å². The molecule has 0 spiro atoms. The molecular formula is C20H23N5O3. The fourth-order valence-corrected chi connectivity index (χ4v) is 3.60. The molecule has 8 nitrogen and oxygen atoms in total. The molecule has 1 atom stereocenters. The molecule has 0 saturated carbocycles. The number of ether oxygens (including phenoxy) is 1. The second-order valence-electron chi connectivity index (χ2n) is 7.88. The highest BCUT2D eigenvalue weighted by molar-refractivity contribution is 6.28. The molecule has 1 aromatic heterocycles. The van der Waals surface area contributed by atoms with Crippen LogP contribution in [0.25, 0.3) is 0 Å². The first kappa shape index (κ1) is 18.3. The van der Waals surface area contributed by atoms with Gasteiger partial charge < -0.3 is 4.74 Å². The Bertz CT molecular complexity index is 937. The topological polar surface area (TPSA) is 89.2 Å². The maximum absolute atomic E-state index is 12.2. The molecule has 0 amide bonds. The van der Waals surface area contributed by atoms with Gasteiger partial charge in [-0.15, -0.1) is 0 Å². The van der Waals surface area contributed by atoms with Crippen molar-refractivity contribution in [2.45, 2.75) is 51.7 Å². The Morgan fingerprint density at radius 2 is 2.14 bits per heavy atom. The maximum atomic E-state index is 12.2. The van der Waals surface area contributed by atoms with E-state index in [1.54, 1.807) is 13.1 Å². The number of imidazole rings is 1. The van der Waals surface area contributed by atoms with E-state index in [4.69, 9.17) is 9.84 Å². The van der Waals surface area contributed by atoms with Crippen LogP contribution in [0.5, 0.6) is 0 Å². The molecule has 8 heteroatoms. The summed E-state index contributed by atoms with van der Waals surface area (Å²) in [7, 11) is 0. The number of nitrogens with zero attached hydrogens (tertiary/aromatic N) is 5. The number of hydrazone groups is 1. The number of hydrogen-bond acceptors (Lipinski definition) is 7. The molecule has 0 radical (unpaired) electrons. The summed E-state index contributed by atoms with van der Waals surface area (Å²) in [4.78, 5) is 32.7. The first-order valence-electron chi connectivity index (χ1n) is 9.40. The van der Waals surface area contributed by atoms with Crippen molar-refractivity contribution >= 4 is 23.4 Å². The van der Waals surface area contributed by atoms with Crippen LogP contribution in [-0.4, -0.2) is 56.2 Å². The molecule has 0 fully saturated rings. The van der Waals surface area contributed by atoms with E-state index in [-0.39, 0.29) is 17.4 Å². The first-order chi connectivity index (χ1) is 13.3. The minimum Gasteiger partial charge on any atom is -0.445 e. The Morgan fingerprint density at radius 3 is 2.79 bits per heavy atom. The maximum Gasteiger partial charge on any atom is 0.419 e. The minimum atomic E-state index is -0.423. The lowest BCUT2D eigenvalue weighted by Crippen LogP contribution is -2.34. The number of carbonyl (C=O) groups excluding carboxylic acids is 2. The van der Waals surface area contributed by atoms with Gasteiger partial charge in [0.15, 0.2) is 11.6 Å². The van der Waals surface area contributed by atoms with Crippen molar-refractivity contribution in [1.29, 1.82) is 0 Å². The first-order valence-corrected chi connectivity index (χ1v) is 9.40. The number of ketones is 1. The van der Waals surface area contributed by atoms with Crippen LogP contribution in [0.2, 0.25) is 0 Å². The molecule has 0 aromatic carbocycles. The van der Waals surface area contributed by atoms with Gasteiger partial charge in [-0.2, -0.15) is 5.10 Å². The number of aliphatic imine (C=N–C) groups is 1. The van der Waals surface area contributed by atoms with E-state index in [1.807, 2.05) is 31.0 Å². The second kappa shape index (κ2) is 6.85. The summed E-state index contributed by atoms with van der Waals surface area (Å²) >= 11 is 0. The van der Waals surface area contributed by atoms with Gasteiger partial charge in [0.25, 0.3) is 0 Å². The van der Waals surface area contributed by atoms with Crippen LogP contribution >= 0.6 is 0 Å². The summed E-state index contributed by atoms with van der Waals surface area (Å²) in [6.07, 6.45) is 9.86. The van der Waals surface area contributed by atoms with Crippen LogP contribution in [0.4, 0.5) is 4.79 Å². The Hall–Kier alpha value is -3.03. The van der Waals surface area contributed by atoms with Crippen molar-refractivity contribution in [2.24, 2.45) is 10.1 Å². The summed E-state index contributed by atoms with van der Waals surface area (Å²) in [5, 5.41) is 6.56. The molecule has 3 heterocycles. The number of carbonyl (C=O) groups is 2. The quantitative estimate of drug-likeness (QED) is 0.803. The van der Waals surface area contributed by atoms with E-state index in [1.165, 1.54) is 17.1 Å². The molecule has 1 aromatic rings. The zero-order valence-corrected chi connectivity index (χ0v) is 16.3. The van der Waals surface area contributed by atoms with E-state index in [9.17, 15) is 9.59 Å². The molecule has 1 aliphatic carbocycles. The summed E-state index contributed by atoms with van der Waals surface area (Å²) < 4.78 is 6.85. The molecule has 0 saturated heterocycles. The standard InChI is InChI=1S/C20H23N5O3/c1-13(26)16-10-17(23-25-11-20(2,3)22-18(16)25)14-4-6-15(7-5-14)28-19(27)24-9-8-21-12-24/h4,8-10,12,15H,5-7,11H2,1-3H3. The van der Waals surface area contributed by atoms with Crippen LogP contribution in [0.15, 0.2) is 52.1 Å². The molecule has 4 rings (SSSR count). The average molecular weight is 381 g/mol. The van der Waals surface area contributed by atoms with Crippen LogP contribution in [0.1, 0.15) is 40.0 Å². The summed E-state index contributed by atoms with van der Waals surface area (Å²) in [6.45, 7) is 6.27. The van der Waals surface area contributed by atoms with E-state index >= 15 is 0 Å². The normalized spacial score (nSPS) is 23.2. The van der Waals surface area contributed by atoms with Crippen LogP contribution in [-0.2, 0) is 9.53 Å². The fourth-order valence-electron chi connectivity index (χ4n) is 3.60. The van der Waals surface area contributed by atoms with Gasteiger partial charge in [-0.05, 0) is 45.3 Å². The largest absolute Gasteiger partial charge is 0.445 e. The number of rotatable bonds is 3. The highest BCUT2D eigenvalue weighted by Gasteiger charge is 2.37. The zero-order valence-electron chi connectivity index (χ0n) is 16.3. The van der Waals surface area contributed by atoms with E-state index < -0.39 is 6.09 Å². The molecule has 28 heavy (non-hydrogen) atoms. The SMILES string of the molecule is CC(=O)C1=CC(C2=CCC(OC(=O)n3ccnc3)CC2)=NN2CC(C)(C)N=C12. The highest BCUT2D eigenvalue weighted by atomic mass is 16.6. The number of amidine groups is 1. The van der Waals surface area contributed by atoms with Crippen molar-refractivity contribution in [1.82, 2.24) is 14.6 Å². The van der Waals surface area contributed by atoms with Crippen LogP contribution in [0, 0.1) is 0 Å².